The molecule has 1 amide bonds. The summed E-state index contributed by atoms with van der Waals surface area (Å²) in [7, 11) is 0. The lowest BCUT2D eigenvalue weighted by molar-refractivity contribution is -0.111. The van der Waals surface area contributed by atoms with Crippen LogP contribution in [-0.2, 0) is 4.79 Å². The average Bonchev–Trinajstić information content (AvgIpc) is 2.17. The first kappa shape index (κ1) is 12.3. The van der Waals surface area contributed by atoms with Crippen molar-refractivity contribution in [1.29, 1.82) is 0 Å². The van der Waals surface area contributed by atoms with Gasteiger partial charge in [-0.05, 0) is 25.1 Å². The Morgan fingerprint density at radius 2 is 2.12 bits per heavy atom. The van der Waals surface area contributed by atoms with Crippen LogP contribution in [0.25, 0.3) is 0 Å². The number of halogens is 1. The molecule has 0 aliphatic rings. The van der Waals surface area contributed by atoms with Gasteiger partial charge in [0, 0.05) is 0 Å². The van der Waals surface area contributed by atoms with Crippen molar-refractivity contribution in [2.75, 3.05) is 5.32 Å². The molecule has 84 valence electrons. The van der Waals surface area contributed by atoms with Gasteiger partial charge in [0.1, 0.15) is 5.56 Å². The molecule has 0 unspecified atom stereocenters. The number of rotatable bonds is 3. The van der Waals surface area contributed by atoms with Crippen molar-refractivity contribution in [2.24, 2.45) is 0 Å². The van der Waals surface area contributed by atoms with E-state index in [2.05, 4.69) is 5.32 Å². The monoisotopic (exact) mass is 239 g/mol. The van der Waals surface area contributed by atoms with Gasteiger partial charge < -0.3 is 10.4 Å². The number of carbonyl (C=O) groups is 2. The van der Waals surface area contributed by atoms with Crippen LogP contribution in [0.2, 0.25) is 5.02 Å². The Bertz CT molecular complexity index is 455. The van der Waals surface area contributed by atoms with Gasteiger partial charge in [0.25, 0.3) is 0 Å². The Hall–Kier alpha value is -1.81. The standard InChI is InChI=1S/C11H10ClNO3/c1-2-4-9(14)13-8-6-3-5-7(12)10(8)11(15)16/h2-6H,1H3,(H,13,14)(H,15,16). The Kier molecular flexibility index (Phi) is 4.08. The number of benzene rings is 1. The first-order valence-electron chi connectivity index (χ1n) is 4.51. The van der Waals surface area contributed by atoms with Gasteiger partial charge in [-0.15, -0.1) is 0 Å². The van der Waals surface area contributed by atoms with Crippen LogP contribution in [0, 0.1) is 0 Å². The van der Waals surface area contributed by atoms with Crippen molar-refractivity contribution in [3.05, 3.63) is 40.9 Å². The molecular weight excluding hydrogens is 230 g/mol. The van der Waals surface area contributed by atoms with Crippen LogP contribution in [0.15, 0.2) is 30.4 Å². The second-order valence-electron chi connectivity index (χ2n) is 2.96. The van der Waals surface area contributed by atoms with Crippen molar-refractivity contribution in [3.8, 4) is 0 Å². The number of allylic oxidation sites excluding steroid dienone is 1. The van der Waals surface area contributed by atoms with Crippen LogP contribution in [0.3, 0.4) is 0 Å². The highest BCUT2D eigenvalue weighted by Gasteiger charge is 2.14. The van der Waals surface area contributed by atoms with E-state index in [0.29, 0.717) is 0 Å². The van der Waals surface area contributed by atoms with Crippen molar-refractivity contribution in [2.45, 2.75) is 6.92 Å². The average molecular weight is 240 g/mol. The van der Waals surface area contributed by atoms with Crippen molar-refractivity contribution < 1.29 is 14.7 Å². The van der Waals surface area contributed by atoms with Crippen molar-refractivity contribution in [3.63, 3.8) is 0 Å². The minimum atomic E-state index is -1.18. The number of anilines is 1. The summed E-state index contributed by atoms with van der Waals surface area (Å²) in [5.41, 5.74) is 0.0742. The zero-order valence-electron chi connectivity index (χ0n) is 8.53. The number of aromatic carboxylic acids is 1. The van der Waals surface area contributed by atoms with Crippen LogP contribution >= 0.6 is 11.6 Å². The summed E-state index contributed by atoms with van der Waals surface area (Å²) in [6, 6.07) is 4.51. The molecule has 2 N–H and O–H groups in total. The molecule has 5 heteroatoms. The number of nitrogens with one attached hydrogen (secondary N) is 1. The maximum Gasteiger partial charge on any atom is 0.339 e. The lowest BCUT2D eigenvalue weighted by Gasteiger charge is -2.07. The third-order valence-corrected chi connectivity index (χ3v) is 2.12. The second-order valence-corrected chi connectivity index (χ2v) is 3.36. The SMILES string of the molecule is CC=CC(=O)Nc1cccc(Cl)c1C(=O)O. The van der Waals surface area contributed by atoms with Gasteiger partial charge in [-0.3, -0.25) is 4.79 Å². The van der Waals surface area contributed by atoms with E-state index in [4.69, 9.17) is 16.7 Å². The van der Waals surface area contributed by atoms with Gasteiger partial charge in [-0.2, -0.15) is 0 Å². The smallest absolute Gasteiger partial charge is 0.339 e. The van der Waals surface area contributed by atoms with Crippen LogP contribution < -0.4 is 5.32 Å². The molecule has 0 spiro atoms. The van der Waals surface area contributed by atoms with E-state index in [-0.39, 0.29) is 16.3 Å². The molecule has 1 aromatic carbocycles. The fourth-order valence-corrected chi connectivity index (χ4v) is 1.43. The molecule has 0 bridgehead atoms. The van der Waals surface area contributed by atoms with E-state index in [0.717, 1.165) is 0 Å². The van der Waals surface area contributed by atoms with Crippen LogP contribution in [0.5, 0.6) is 0 Å². The van der Waals surface area contributed by atoms with E-state index in [1.54, 1.807) is 19.1 Å². The lowest BCUT2D eigenvalue weighted by Crippen LogP contribution is -2.12. The predicted octanol–water partition coefficient (Wildman–Crippen LogP) is 2.55. The lowest BCUT2D eigenvalue weighted by atomic mass is 10.1. The normalized spacial score (nSPS) is 10.4. The first-order valence-corrected chi connectivity index (χ1v) is 4.89. The number of hydrogen-bond acceptors (Lipinski definition) is 2. The van der Waals surface area contributed by atoms with Crippen LogP contribution in [0.1, 0.15) is 17.3 Å². The summed E-state index contributed by atoms with van der Waals surface area (Å²) >= 11 is 5.73. The molecule has 0 saturated carbocycles. The second kappa shape index (κ2) is 5.32. The Morgan fingerprint density at radius 3 is 2.69 bits per heavy atom. The first-order chi connectivity index (χ1) is 7.56. The number of hydrogen-bond donors (Lipinski definition) is 2. The number of carboxylic acids is 1. The molecule has 0 radical (unpaired) electrons. The number of amides is 1. The molecule has 0 heterocycles. The van der Waals surface area contributed by atoms with E-state index >= 15 is 0 Å². The third kappa shape index (κ3) is 2.84. The van der Waals surface area contributed by atoms with Crippen LogP contribution in [-0.4, -0.2) is 17.0 Å². The molecule has 1 rings (SSSR count). The van der Waals surface area contributed by atoms with Gasteiger partial charge in [-0.25, -0.2) is 4.79 Å². The van der Waals surface area contributed by atoms with Gasteiger partial charge in [0.05, 0.1) is 10.7 Å². The fraction of sp³-hybridized carbons (Fsp3) is 0.0909. The zero-order valence-corrected chi connectivity index (χ0v) is 9.28. The molecule has 0 fully saturated rings. The molecule has 1 aromatic rings. The fourth-order valence-electron chi connectivity index (χ4n) is 1.17. The molecule has 0 saturated heterocycles. The molecule has 0 aliphatic heterocycles. The van der Waals surface area contributed by atoms with Crippen molar-refractivity contribution in [1.82, 2.24) is 0 Å². The van der Waals surface area contributed by atoms with E-state index in [9.17, 15) is 9.59 Å². The van der Waals surface area contributed by atoms with Gasteiger partial charge >= 0.3 is 5.97 Å². The molecule has 0 atom stereocenters. The molecule has 16 heavy (non-hydrogen) atoms. The maximum absolute atomic E-state index is 11.3. The number of carbonyl (C=O) groups excluding carboxylic acids is 1. The van der Waals surface area contributed by atoms with Crippen molar-refractivity contribution >= 4 is 29.2 Å². The zero-order chi connectivity index (χ0) is 12.1. The summed E-state index contributed by atoms with van der Waals surface area (Å²) in [5, 5.41) is 11.5. The van der Waals surface area contributed by atoms with E-state index in [1.807, 2.05) is 0 Å². The largest absolute Gasteiger partial charge is 0.478 e. The van der Waals surface area contributed by atoms with E-state index < -0.39 is 11.9 Å². The summed E-state index contributed by atoms with van der Waals surface area (Å²) in [4.78, 5) is 22.2. The molecular formula is C11H10ClNO3. The van der Waals surface area contributed by atoms with Gasteiger partial charge in [0.15, 0.2) is 0 Å². The Morgan fingerprint density at radius 1 is 1.44 bits per heavy atom. The quantitative estimate of drug-likeness (QED) is 0.797. The highest BCUT2D eigenvalue weighted by Crippen LogP contribution is 2.24. The summed E-state index contributed by atoms with van der Waals surface area (Å²) in [6.45, 7) is 1.69. The Labute approximate surface area is 97.5 Å². The molecule has 0 aliphatic carbocycles. The van der Waals surface area contributed by atoms with Gasteiger partial charge in [-0.1, -0.05) is 23.7 Å². The summed E-state index contributed by atoms with van der Waals surface area (Å²) in [6.07, 6.45) is 2.85. The Balaban J connectivity index is 3.09. The topological polar surface area (TPSA) is 66.4 Å². The summed E-state index contributed by atoms with van der Waals surface area (Å²) in [5.74, 6) is -1.58. The third-order valence-electron chi connectivity index (χ3n) is 1.80. The predicted molar refractivity (Wildman–Crippen MR) is 61.9 cm³/mol. The van der Waals surface area contributed by atoms with Crippen LogP contribution in [0.4, 0.5) is 5.69 Å². The molecule has 0 aromatic heterocycles. The number of carboxylic acid groups (broad SMARTS) is 1. The van der Waals surface area contributed by atoms with Gasteiger partial charge in [0.2, 0.25) is 5.91 Å². The summed E-state index contributed by atoms with van der Waals surface area (Å²) < 4.78 is 0. The minimum absolute atomic E-state index is 0.0887. The van der Waals surface area contributed by atoms with E-state index in [1.165, 1.54) is 18.2 Å². The molecule has 4 nitrogen and oxygen atoms in total. The maximum atomic E-state index is 11.3. The highest BCUT2D eigenvalue weighted by molar-refractivity contribution is 6.34. The minimum Gasteiger partial charge on any atom is -0.478 e. The highest BCUT2D eigenvalue weighted by atomic mass is 35.5.